The Kier molecular flexibility index (Phi) is 4.60. The lowest BCUT2D eigenvalue weighted by atomic mass is 9.63. The summed E-state index contributed by atoms with van der Waals surface area (Å²) in [7, 11) is 0. The lowest BCUT2D eigenvalue weighted by molar-refractivity contribution is 0.0844. The van der Waals surface area contributed by atoms with Gasteiger partial charge in [-0.05, 0) is 48.3 Å². The van der Waals surface area contributed by atoms with E-state index in [2.05, 4.69) is 48.9 Å². The van der Waals surface area contributed by atoms with Crippen molar-refractivity contribution >= 4 is 15.9 Å². The minimum absolute atomic E-state index is 0.130. The van der Waals surface area contributed by atoms with Gasteiger partial charge >= 0.3 is 0 Å². The van der Waals surface area contributed by atoms with Gasteiger partial charge < -0.3 is 5.32 Å². The van der Waals surface area contributed by atoms with Crippen molar-refractivity contribution in [1.29, 1.82) is 0 Å². The molecule has 1 fully saturated rings. The number of halogens is 2. The van der Waals surface area contributed by atoms with E-state index in [4.69, 9.17) is 0 Å². The van der Waals surface area contributed by atoms with Crippen molar-refractivity contribution in [2.45, 2.75) is 59.5 Å². The van der Waals surface area contributed by atoms with Crippen LogP contribution >= 0.6 is 15.9 Å². The Labute approximate surface area is 130 Å². The molecule has 1 nitrogen and oxygen atoms in total. The van der Waals surface area contributed by atoms with E-state index >= 15 is 0 Å². The fourth-order valence-corrected chi connectivity index (χ4v) is 4.33. The van der Waals surface area contributed by atoms with Crippen LogP contribution in [0.15, 0.2) is 22.7 Å². The molecule has 0 radical (unpaired) electrons. The van der Waals surface area contributed by atoms with E-state index < -0.39 is 0 Å². The standard InChI is InChI=1S/C17H25BrFN/c1-16(2)8-14(9-17(3,4)11-16)20-10-12-7-13(18)5-6-15(12)19/h5-7,14,20H,8-11H2,1-4H3. The van der Waals surface area contributed by atoms with E-state index in [9.17, 15) is 4.39 Å². The zero-order valence-electron chi connectivity index (χ0n) is 12.9. The summed E-state index contributed by atoms with van der Waals surface area (Å²) >= 11 is 3.40. The minimum Gasteiger partial charge on any atom is -0.310 e. The molecule has 0 aliphatic heterocycles. The topological polar surface area (TPSA) is 12.0 Å². The molecule has 1 aliphatic rings. The summed E-state index contributed by atoms with van der Waals surface area (Å²) in [6, 6.07) is 5.59. The Hall–Kier alpha value is -0.410. The molecule has 1 aromatic carbocycles. The number of hydrogen-bond acceptors (Lipinski definition) is 1. The largest absolute Gasteiger partial charge is 0.310 e. The van der Waals surface area contributed by atoms with Crippen LogP contribution in [0.25, 0.3) is 0 Å². The molecular weight excluding hydrogens is 317 g/mol. The van der Waals surface area contributed by atoms with E-state index in [1.54, 1.807) is 6.07 Å². The maximum Gasteiger partial charge on any atom is 0.127 e. The van der Waals surface area contributed by atoms with Crippen LogP contribution in [-0.4, -0.2) is 6.04 Å². The highest BCUT2D eigenvalue weighted by Gasteiger charge is 2.38. The molecule has 0 amide bonds. The molecule has 3 heteroatoms. The summed E-state index contributed by atoms with van der Waals surface area (Å²) in [6.45, 7) is 9.94. The Balaban J connectivity index is 2.01. The molecule has 1 aromatic rings. The first-order valence-electron chi connectivity index (χ1n) is 7.34. The van der Waals surface area contributed by atoms with Gasteiger partial charge in [-0.2, -0.15) is 0 Å². The Morgan fingerprint density at radius 2 is 1.80 bits per heavy atom. The predicted octanol–water partition coefficient (Wildman–Crippen LogP) is 5.28. The van der Waals surface area contributed by atoms with Gasteiger partial charge in [0.25, 0.3) is 0 Å². The van der Waals surface area contributed by atoms with Gasteiger partial charge in [0.1, 0.15) is 5.82 Å². The van der Waals surface area contributed by atoms with Gasteiger partial charge in [-0.3, -0.25) is 0 Å². The fourth-order valence-electron chi connectivity index (χ4n) is 3.92. The van der Waals surface area contributed by atoms with E-state index in [0.717, 1.165) is 22.9 Å². The highest BCUT2D eigenvalue weighted by atomic mass is 79.9. The first-order valence-corrected chi connectivity index (χ1v) is 8.14. The second kappa shape index (κ2) is 5.76. The van der Waals surface area contributed by atoms with Crippen molar-refractivity contribution in [3.8, 4) is 0 Å². The molecule has 0 unspecified atom stereocenters. The summed E-state index contributed by atoms with van der Waals surface area (Å²) in [5.74, 6) is -0.130. The maximum absolute atomic E-state index is 13.8. The summed E-state index contributed by atoms with van der Waals surface area (Å²) in [6.07, 6.45) is 3.57. The fraction of sp³-hybridized carbons (Fsp3) is 0.647. The first-order chi connectivity index (χ1) is 9.17. The van der Waals surface area contributed by atoms with Crippen LogP contribution in [0.2, 0.25) is 0 Å². The average molecular weight is 342 g/mol. The molecular formula is C17H25BrFN. The van der Waals surface area contributed by atoms with Crippen molar-refractivity contribution in [1.82, 2.24) is 5.32 Å². The predicted molar refractivity (Wildman–Crippen MR) is 86.1 cm³/mol. The summed E-state index contributed by atoms with van der Waals surface area (Å²) in [5, 5.41) is 3.56. The average Bonchev–Trinajstić information content (AvgIpc) is 2.26. The van der Waals surface area contributed by atoms with Crippen molar-refractivity contribution in [2.75, 3.05) is 0 Å². The zero-order chi connectivity index (χ0) is 15.0. The van der Waals surface area contributed by atoms with Crippen LogP contribution in [0.1, 0.15) is 52.5 Å². The quantitative estimate of drug-likeness (QED) is 0.788. The highest BCUT2D eigenvalue weighted by Crippen LogP contribution is 2.45. The summed E-state index contributed by atoms with van der Waals surface area (Å²) in [4.78, 5) is 0. The molecule has 20 heavy (non-hydrogen) atoms. The van der Waals surface area contributed by atoms with E-state index in [1.165, 1.54) is 12.5 Å². The van der Waals surface area contributed by atoms with Gasteiger partial charge in [-0.1, -0.05) is 43.6 Å². The van der Waals surface area contributed by atoms with Crippen LogP contribution in [0.3, 0.4) is 0 Å². The van der Waals surface area contributed by atoms with Crippen molar-refractivity contribution in [3.05, 3.63) is 34.1 Å². The second-order valence-electron chi connectivity index (χ2n) is 7.73. The molecule has 1 saturated carbocycles. The Bertz CT molecular complexity index is 466. The molecule has 0 spiro atoms. The molecule has 1 aliphatic carbocycles. The van der Waals surface area contributed by atoms with Crippen LogP contribution in [-0.2, 0) is 6.54 Å². The molecule has 0 heterocycles. The zero-order valence-corrected chi connectivity index (χ0v) is 14.5. The highest BCUT2D eigenvalue weighted by molar-refractivity contribution is 9.10. The third kappa shape index (κ3) is 4.29. The van der Waals surface area contributed by atoms with Crippen LogP contribution in [0.5, 0.6) is 0 Å². The molecule has 2 rings (SSSR count). The number of nitrogens with one attached hydrogen (secondary N) is 1. The second-order valence-corrected chi connectivity index (χ2v) is 8.64. The Morgan fingerprint density at radius 1 is 1.20 bits per heavy atom. The molecule has 0 aromatic heterocycles. The van der Waals surface area contributed by atoms with E-state index in [1.807, 2.05) is 6.07 Å². The van der Waals surface area contributed by atoms with E-state index in [-0.39, 0.29) is 5.82 Å². The first kappa shape index (κ1) is 16.0. The van der Waals surface area contributed by atoms with Gasteiger partial charge in [-0.15, -0.1) is 0 Å². The van der Waals surface area contributed by atoms with Crippen LogP contribution in [0.4, 0.5) is 4.39 Å². The smallest absolute Gasteiger partial charge is 0.127 e. The van der Waals surface area contributed by atoms with Crippen molar-refractivity contribution < 1.29 is 4.39 Å². The maximum atomic E-state index is 13.8. The third-order valence-electron chi connectivity index (χ3n) is 4.14. The lowest BCUT2D eigenvalue weighted by Crippen LogP contribution is -2.43. The van der Waals surface area contributed by atoms with Gasteiger partial charge in [0, 0.05) is 22.6 Å². The summed E-state index contributed by atoms with van der Waals surface area (Å²) < 4.78 is 14.7. The van der Waals surface area contributed by atoms with Gasteiger partial charge in [0.05, 0.1) is 0 Å². The molecule has 0 atom stereocenters. The number of rotatable bonds is 3. The number of hydrogen-bond donors (Lipinski definition) is 1. The van der Waals surface area contributed by atoms with Crippen molar-refractivity contribution in [3.63, 3.8) is 0 Å². The Morgan fingerprint density at radius 3 is 2.40 bits per heavy atom. The number of benzene rings is 1. The molecule has 112 valence electrons. The molecule has 1 N–H and O–H groups in total. The summed E-state index contributed by atoms with van der Waals surface area (Å²) in [5.41, 5.74) is 1.45. The van der Waals surface area contributed by atoms with Crippen LogP contribution < -0.4 is 5.32 Å². The normalized spacial score (nSPS) is 21.9. The van der Waals surface area contributed by atoms with Gasteiger partial charge in [0.2, 0.25) is 0 Å². The van der Waals surface area contributed by atoms with Crippen molar-refractivity contribution in [2.24, 2.45) is 10.8 Å². The van der Waals surface area contributed by atoms with Crippen LogP contribution in [0, 0.1) is 16.6 Å². The lowest BCUT2D eigenvalue weighted by Gasteiger charge is -2.45. The third-order valence-corrected chi connectivity index (χ3v) is 4.64. The SMILES string of the molecule is CC1(C)CC(NCc2cc(Br)ccc2F)CC(C)(C)C1. The van der Waals surface area contributed by atoms with Gasteiger partial charge in [-0.25, -0.2) is 4.39 Å². The van der Waals surface area contributed by atoms with E-state index in [0.29, 0.717) is 23.4 Å². The molecule has 0 saturated heterocycles. The van der Waals surface area contributed by atoms with Gasteiger partial charge in [0.15, 0.2) is 0 Å². The molecule has 0 bridgehead atoms. The minimum atomic E-state index is -0.130. The monoisotopic (exact) mass is 341 g/mol.